The minimum absolute atomic E-state index is 0.103. The molecule has 21 heavy (non-hydrogen) atoms. The third-order valence-corrected chi connectivity index (χ3v) is 4.25. The van der Waals surface area contributed by atoms with Gasteiger partial charge in [0, 0.05) is 24.3 Å². The standard InChI is InChI=1S/C15H17F3N2O/c1-14(2)12(7-13(14)21-3)20-10-4-5-11(15(16,17)18)9(6-10)8-19/h4-6,12-13,20H,7H2,1-3H3. The lowest BCUT2D eigenvalue weighted by Gasteiger charge is -2.51. The van der Waals surface area contributed by atoms with E-state index in [1.165, 1.54) is 12.1 Å². The summed E-state index contributed by atoms with van der Waals surface area (Å²) in [5.41, 5.74) is -0.858. The maximum absolute atomic E-state index is 12.7. The first-order valence-electron chi connectivity index (χ1n) is 6.61. The van der Waals surface area contributed by atoms with Gasteiger partial charge in [-0.2, -0.15) is 18.4 Å². The van der Waals surface area contributed by atoms with Crippen LogP contribution in [0.4, 0.5) is 18.9 Å². The fraction of sp³-hybridized carbons (Fsp3) is 0.533. The Balaban J connectivity index is 2.19. The molecule has 2 unspecified atom stereocenters. The fourth-order valence-electron chi connectivity index (χ4n) is 2.71. The van der Waals surface area contributed by atoms with Gasteiger partial charge < -0.3 is 10.1 Å². The lowest BCUT2D eigenvalue weighted by molar-refractivity contribution is -0.137. The summed E-state index contributed by atoms with van der Waals surface area (Å²) in [4.78, 5) is 0. The van der Waals surface area contributed by atoms with Crippen molar-refractivity contribution in [2.24, 2.45) is 5.41 Å². The average molecular weight is 298 g/mol. The van der Waals surface area contributed by atoms with E-state index in [-0.39, 0.29) is 23.1 Å². The van der Waals surface area contributed by atoms with Crippen molar-refractivity contribution < 1.29 is 17.9 Å². The number of nitrogens with zero attached hydrogens (tertiary/aromatic N) is 1. The lowest BCUT2D eigenvalue weighted by Crippen LogP contribution is -2.57. The largest absolute Gasteiger partial charge is 0.417 e. The molecule has 1 aromatic carbocycles. The maximum Gasteiger partial charge on any atom is 0.417 e. The van der Waals surface area contributed by atoms with E-state index in [9.17, 15) is 13.2 Å². The molecule has 2 rings (SSSR count). The summed E-state index contributed by atoms with van der Waals surface area (Å²) in [6.45, 7) is 4.08. The number of anilines is 1. The lowest BCUT2D eigenvalue weighted by atomic mass is 9.64. The molecule has 3 nitrogen and oxygen atoms in total. The number of hydrogen-bond donors (Lipinski definition) is 1. The van der Waals surface area contributed by atoms with Gasteiger partial charge in [0.1, 0.15) is 0 Å². The van der Waals surface area contributed by atoms with E-state index in [1.54, 1.807) is 13.2 Å². The van der Waals surface area contributed by atoms with Crippen molar-refractivity contribution in [3.8, 4) is 6.07 Å². The van der Waals surface area contributed by atoms with Crippen LogP contribution in [0.25, 0.3) is 0 Å². The summed E-state index contributed by atoms with van der Waals surface area (Å²) in [5, 5.41) is 12.1. The van der Waals surface area contributed by atoms with Gasteiger partial charge in [-0.15, -0.1) is 0 Å². The van der Waals surface area contributed by atoms with Crippen LogP contribution in [0.15, 0.2) is 18.2 Å². The predicted molar refractivity (Wildman–Crippen MR) is 72.8 cm³/mol. The molecule has 0 radical (unpaired) electrons. The Bertz CT molecular complexity index is 575. The maximum atomic E-state index is 12.7. The van der Waals surface area contributed by atoms with Crippen molar-refractivity contribution in [2.75, 3.05) is 12.4 Å². The zero-order chi connectivity index (χ0) is 15.8. The number of ether oxygens (including phenoxy) is 1. The van der Waals surface area contributed by atoms with Gasteiger partial charge in [0.05, 0.1) is 23.3 Å². The molecule has 0 aliphatic heterocycles. The monoisotopic (exact) mass is 298 g/mol. The van der Waals surface area contributed by atoms with Gasteiger partial charge >= 0.3 is 6.18 Å². The first-order chi connectivity index (χ1) is 9.70. The number of halogens is 3. The number of alkyl halides is 3. The van der Waals surface area contributed by atoms with Crippen LogP contribution in [0.5, 0.6) is 0 Å². The second-order valence-corrected chi connectivity index (χ2v) is 5.85. The van der Waals surface area contributed by atoms with Gasteiger partial charge in [0.25, 0.3) is 0 Å². The van der Waals surface area contributed by atoms with Crippen LogP contribution in [0.1, 0.15) is 31.4 Å². The summed E-state index contributed by atoms with van der Waals surface area (Å²) in [6, 6.07) is 5.27. The van der Waals surface area contributed by atoms with Crippen molar-refractivity contribution in [1.29, 1.82) is 5.26 Å². The third-order valence-electron chi connectivity index (χ3n) is 4.25. The summed E-state index contributed by atoms with van der Waals surface area (Å²) >= 11 is 0. The van der Waals surface area contributed by atoms with Crippen LogP contribution in [-0.2, 0) is 10.9 Å². The molecular formula is C15H17F3N2O. The molecule has 1 saturated carbocycles. The molecule has 0 saturated heterocycles. The van der Waals surface area contributed by atoms with Crippen molar-refractivity contribution in [1.82, 2.24) is 0 Å². The van der Waals surface area contributed by atoms with Crippen molar-refractivity contribution in [3.63, 3.8) is 0 Å². The second-order valence-electron chi connectivity index (χ2n) is 5.85. The van der Waals surface area contributed by atoms with Gasteiger partial charge in [-0.05, 0) is 24.6 Å². The van der Waals surface area contributed by atoms with E-state index in [4.69, 9.17) is 10.00 Å². The molecule has 1 N–H and O–H groups in total. The Morgan fingerprint density at radius 1 is 1.38 bits per heavy atom. The Labute approximate surface area is 121 Å². The quantitative estimate of drug-likeness (QED) is 0.923. The van der Waals surface area contributed by atoms with Crippen LogP contribution in [0.3, 0.4) is 0 Å². The Kier molecular flexibility index (Phi) is 3.89. The number of hydrogen-bond acceptors (Lipinski definition) is 3. The van der Waals surface area contributed by atoms with E-state index in [1.807, 2.05) is 13.8 Å². The highest BCUT2D eigenvalue weighted by molar-refractivity contribution is 5.54. The highest BCUT2D eigenvalue weighted by Crippen LogP contribution is 2.44. The van der Waals surface area contributed by atoms with E-state index in [2.05, 4.69) is 5.32 Å². The van der Waals surface area contributed by atoms with Crippen LogP contribution >= 0.6 is 0 Å². The van der Waals surface area contributed by atoms with E-state index in [0.717, 1.165) is 12.5 Å². The topological polar surface area (TPSA) is 45.0 Å². The molecule has 0 bridgehead atoms. The van der Waals surface area contributed by atoms with Crippen LogP contribution in [-0.4, -0.2) is 19.3 Å². The molecule has 1 aromatic rings. The van der Waals surface area contributed by atoms with Gasteiger partial charge in [0.2, 0.25) is 0 Å². The average Bonchev–Trinajstić information content (AvgIpc) is 2.41. The Hall–Kier alpha value is -1.74. The molecule has 0 heterocycles. The predicted octanol–water partition coefficient (Wildman–Crippen LogP) is 3.80. The van der Waals surface area contributed by atoms with Gasteiger partial charge in [0.15, 0.2) is 0 Å². The molecule has 0 aromatic heterocycles. The molecular weight excluding hydrogens is 281 g/mol. The molecule has 114 valence electrons. The Morgan fingerprint density at radius 3 is 2.52 bits per heavy atom. The second kappa shape index (κ2) is 5.23. The highest BCUT2D eigenvalue weighted by atomic mass is 19.4. The van der Waals surface area contributed by atoms with Gasteiger partial charge in [-0.25, -0.2) is 0 Å². The van der Waals surface area contributed by atoms with Gasteiger partial charge in [-0.3, -0.25) is 0 Å². The van der Waals surface area contributed by atoms with Crippen LogP contribution < -0.4 is 5.32 Å². The molecule has 2 atom stereocenters. The highest BCUT2D eigenvalue weighted by Gasteiger charge is 2.48. The minimum Gasteiger partial charge on any atom is -0.382 e. The summed E-state index contributed by atoms with van der Waals surface area (Å²) in [7, 11) is 1.65. The Morgan fingerprint density at radius 2 is 2.05 bits per heavy atom. The number of nitrogens with one attached hydrogen (secondary N) is 1. The van der Waals surface area contributed by atoms with Crippen LogP contribution in [0, 0.1) is 16.7 Å². The number of rotatable bonds is 3. The molecule has 1 fully saturated rings. The smallest absolute Gasteiger partial charge is 0.382 e. The minimum atomic E-state index is -4.51. The van der Waals surface area contributed by atoms with E-state index in [0.29, 0.717) is 5.69 Å². The zero-order valence-corrected chi connectivity index (χ0v) is 12.1. The number of benzene rings is 1. The molecule has 6 heteroatoms. The van der Waals surface area contributed by atoms with Crippen LogP contribution in [0.2, 0.25) is 0 Å². The summed E-state index contributed by atoms with van der Waals surface area (Å²) < 4.78 is 43.6. The van der Waals surface area contributed by atoms with Gasteiger partial charge in [-0.1, -0.05) is 13.8 Å². The molecule has 1 aliphatic carbocycles. The summed E-state index contributed by atoms with van der Waals surface area (Å²) in [6.07, 6.45) is -3.60. The normalized spacial score (nSPS) is 24.0. The van der Waals surface area contributed by atoms with Crippen molar-refractivity contribution >= 4 is 5.69 Å². The van der Waals surface area contributed by atoms with Crippen molar-refractivity contribution in [2.45, 2.75) is 38.6 Å². The first-order valence-corrected chi connectivity index (χ1v) is 6.61. The van der Waals surface area contributed by atoms with Crippen molar-refractivity contribution in [3.05, 3.63) is 29.3 Å². The zero-order valence-electron chi connectivity index (χ0n) is 12.1. The molecule has 0 amide bonds. The van der Waals surface area contributed by atoms with E-state index >= 15 is 0 Å². The number of nitriles is 1. The molecule has 1 aliphatic rings. The van der Waals surface area contributed by atoms with E-state index < -0.39 is 11.7 Å². The third kappa shape index (κ3) is 2.84. The first kappa shape index (κ1) is 15.6. The fourth-order valence-corrected chi connectivity index (χ4v) is 2.71. The molecule has 0 spiro atoms. The number of methoxy groups -OCH3 is 1. The SMILES string of the molecule is COC1CC(Nc2ccc(C(F)(F)F)c(C#N)c2)C1(C)C. The summed E-state index contributed by atoms with van der Waals surface area (Å²) in [5.74, 6) is 0.